The van der Waals surface area contributed by atoms with Gasteiger partial charge in [-0.2, -0.15) is 4.98 Å². The molecular weight excluding hydrogens is 408 g/mol. The van der Waals surface area contributed by atoms with Crippen LogP contribution in [-0.2, 0) is 9.47 Å². The van der Waals surface area contributed by atoms with Gasteiger partial charge >= 0.3 is 0 Å². The zero-order chi connectivity index (χ0) is 20.1. The summed E-state index contributed by atoms with van der Waals surface area (Å²) in [6, 6.07) is 10.0. The van der Waals surface area contributed by atoms with Crippen molar-refractivity contribution in [1.29, 1.82) is 0 Å². The quantitative estimate of drug-likeness (QED) is 0.645. The van der Waals surface area contributed by atoms with Crippen molar-refractivity contribution < 1.29 is 18.9 Å². The molecule has 0 aliphatic carbocycles. The first kappa shape index (κ1) is 18.4. The maximum absolute atomic E-state index is 6.52. The number of nitrogens with zero attached hydrogens (tertiary/aromatic N) is 2. The highest BCUT2D eigenvalue weighted by atomic mass is 35.5. The fourth-order valence-electron chi connectivity index (χ4n) is 4.06. The second-order valence-corrected chi connectivity index (χ2v) is 8.21. The number of benzene rings is 1. The molecule has 2 aromatic heterocycles. The van der Waals surface area contributed by atoms with E-state index in [1.807, 2.05) is 30.3 Å². The number of aromatic nitrogens is 3. The van der Waals surface area contributed by atoms with Crippen molar-refractivity contribution in [2.75, 3.05) is 26.3 Å². The number of imidazole rings is 1. The van der Waals surface area contributed by atoms with E-state index in [-0.39, 0.29) is 24.4 Å². The number of nitrogens with one attached hydrogen (secondary N) is 2. The average Bonchev–Trinajstić information content (AvgIpc) is 3.42. The highest BCUT2D eigenvalue weighted by Crippen LogP contribution is 2.32. The summed E-state index contributed by atoms with van der Waals surface area (Å²) in [4.78, 5) is 12.3. The zero-order valence-corrected chi connectivity index (χ0v) is 16.9. The van der Waals surface area contributed by atoms with Gasteiger partial charge in [-0.3, -0.25) is 0 Å². The maximum atomic E-state index is 6.52. The van der Waals surface area contributed by atoms with Crippen molar-refractivity contribution >= 4 is 22.8 Å². The molecule has 1 aromatic carbocycles. The van der Waals surface area contributed by atoms with Crippen molar-refractivity contribution in [3.05, 3.63) is 35.4 Å². The van der Waals surface area contributed by atoms with E-state index in [0.29, 0.717) is 35.6 Å². The van der Waals surface area contributed by atoms with Crippen LogP contribution in [-0.4, -0.2) is 65.7 Å². The lowest BCUT2D eigenvalue weighted by atomic mass is 10.1. The Balaban J connectivity index is 1.23. The van der Waals surface area contributed by atoms with E-state index in [1.54, 1.807) is 0 Å². The molecule has 5 heterocycles. The number of hydrogen-bond acceptors (Lipinski definition) is 7. The van der Waals surface area contributed by atoms with Crippen molar-refractivity contribution in [3.8, 4) is 23.0 Å². The van der Waals surface area contributed by atoms with Crippen LogP contribution < -0.4 is 14.8 Å². The lowest BCUT2D eigenvalue weighted by Crippen LogP contribution is -2.50. The summed E-state index contributed by atoms with van der Waals surface area (Å²) >= 11 is 6.52. The van der Waals surface area contributed by atoms with Crippen LogP contribution in [0.25, 0.3) is 22.4 Å². The summed E-state index contributed by atoms with van der Waals surface area (Å²) in [7, 11) is 0. The lowest BCUT2D eigenvalue weighted by Gasteiger charge is -2.27. The molecule has 0 amide bonds. The van der Waals surface area contributed by atoms with Gasteiger partial charge in [0, 0.05) is 25.3 Å². The molecule has 0 spiro atoms. The second-order valence-electron chi connectivity index (χ2n) is 7.81. The normalized spacial score (nSPS) is 26.0. The summed E-state index contributed by atoms with van der Waals surface area (Å²) in [6.45, 7) is 2.97. The van der Waals surface area contributed by atoms with Gasteiger partial charge in [0.15, 0.2) is 11.8 Å². The van der Waals surface area contributed by atoms with E-state index in [4.69, 9.17) is 30.5 Å². The molecule has 3 aliphatic heterocycles. The van der Waals surface area contributed by atoms with E-state index >= 15 is 0 Å². The highest BCUT2D eigenvalue weighted by molar-refractivity contribution is 6.33. The number of halogens is 1. The first-order chi connectivity index (χ1) is 14.7. The van der Waals surface area contributed by atoms with Crippen LogP contribution in [0, 0.1) is 0 Å². The van der Waals surface area contributed by atoms with Crippen LogP contribution in [0.5, 0.6) is 11.8 Å². The van der Waals surface area contributed by atoms with Crippen LogP contribution in [0.3, 0.4) is 0 Å². The van der Waals surface area contributed by atoms with E-state index in [0.717, 1.165) is 36.3 Å². The van der Waals surface area contributed by atoms with Gasteiger partial charge < -0.3 is 29.2 Å². The minimum Gasteiger partial charge on any atom is -0.488 e. The van der Waals surface area contributed by atoms with Gasteiger partial charge in [-0.25, -0.2) is 4.98 Å². The first-order valence-electron chi connectivity index (χ1n) is 10.2. The molecule has 0 bridgehead atoms. The number of H-pyrrole nitrogens is 1. The molecule has 3 saturated heterocycles. The Morgan fingerprint density at radius 2 is 1.93 bits per heavy atom. The summed E-state index contributed by atoms with van der Waals surface area (Å²) in [5.41, 5.74) is 2.84. The summed E-state index contributed by atoms with van der Waals surface area (Å²) < 4.78 is 23.3. The minimum atomic E-state index is -0.175. The minimum absolute atomic E-state index is 0.0400. The molecule has 3 aromatic rings. The third kappa shape index (κ3) is 3.30. The van der Waals surface area contributed by atoms with E-state index in [9.17, 15) is 0 Å². The first-order valence-corrected chi connectivity index (χ1v) is 10.5. The largest absolute Gasteiger partial charge is 0.488 e. The van der Waals surface area contributed by atoms with Crippen LogP contribution in [0.4, 0.5) is 0 Å². The lowest BCUT2D eigenvalue weighted by molar-refractivity contribution is 0.0273. The van der Waals surface area contributed by atoms with Gasteiger partial charge in [-0.15, -0.1) is 0 Å². The summed E-state index contributed by atoms with van der Waals surface area (Å²) in [5.74, 6) is 0.837. The number of aromatic amines is 1. The Morgan fingerprint density at radius 3 is 2.73 bits per heavy atom. The number of ether oxygens (including phenoxy) is 4. The molecule has 6 rings (SSSR count). The number of pyridine rings is 1. The van der Waals surface area contributed by atoms with Crippen molar-refractivity contribution in [3.63, 3.8) is 0 Å². The monoisotopic (exact) mass is 428 g/mol. The Hall–Kier alpha value is -2.39. The fourth-order valence-corrected chi connectivity index (χ4v) is 4.32. The molecule has 9 heteroatoms. The molecule has 2 N–H and O–H groups in total. The van der Waals surface area contributed by atoms with Gasteiger partial charge in [-0.1, -0.05) is 11.6 Å². The second kappa shape index (κ2) is 7.39. The standard InChI is InChI=1S/C21H21ClN4O4/c22-14-7-15-20(26-21(24-15)30-17-10-28-16-5-6-27-19(16)17)25-18(14)11-1-3-12(4-2-11)29-13-8-23-9-13/h1-4,7,13,16-17,19,23H,5-6,8-10H2,(H,24,25,26)/t16-,17?,19+/m1/s1. The Morgan fingerprint density at radius 1 is 1.07 bits per heavy atom. The van der Waals surface area contributed by atoms with E-state index in [2.05, 4.69) is 20.3 Å². The molecule has 0 saturated carbocycles. The van der Waals surface area contributed by atoms with Crippen LogP contribution in [0.15, 0.2) is 30.3 Å². The van der Waals surface area contributed by atoms with Crippen molar-refractivity contribution in [2.45, 2.75) is 30.8 Å². The third-order valence-electron chi connectivity index (χ3n) is 5.76. The molecule has 1 unspecified atom stereocenters. The fraction of sp³-hybridized carbons (Fsp3) is 0.429. The van der Waals surface area contributed by atoms with Crippen LogP contribution in [0.2, 0.25) is 5.02 Å². The van der Waals surface area contributed by atoms with Gasteiger partial charge in [0.05, 0.1) is 28.9 Å². The third-order valence-corrected chi connectivity index (χ3v) is 6.05. The Labute approximate surface area is 177 Å². The molecule has 30 heavy (non-hydrogen) atoms. The predicted molar refractivity (Wildman–Crippen MR) is 110 cm³/mol. The van der Waals surface area contributed by atoms with Crippen LogP contribution >= 0.6 is 11.6 Å². The molecule has 3 atom stereocenters. The highest BCUT2D eigenvalue weighted by Gasteiger charge is 2.43. The Kier molecular flexibility index (Phi) is 4.53. The number of rotatable bonds is 5. The van der Waals surface area contributed by atoms with E-state index < -0.39 is 0 Å². The number of fused-ring (bicyclic) bond motifs is 2. The molecule has 3 fully saturated rings. The summed E-state index contributed by atoms with van der Waals surface area (Å²) in [5, 5.41) is 3.73. The molecule has 3 aliphatic rings. The molecule has 156 valence electrons. The predicted octanol–water partition coefficient (Wildman–Crippen LogP) is 2.56. The maximum Gasteiger partial charge on any atom is 0.296 e. The Bertz CT molecular complexity index is 1070. The van der Waals surface area contributed by atoms with Crippen LogP contribution in [0.1, 0.15) is 6.42 Å². The molecule has 0 radical (unpaired) electrons. The smallest absolute Gasteiger partial charge is 0.296 e. The summed E-state index contributed by atoms with van der Waals surface area (Å²) in [6.07, 6.45) is 1.05. The topological polar surface area (TPSA) is 90.5 Å². The van der Waals surface area contributed by atoms with Gasteiger partial charge in [0.1, 0.15) is 18.0 Å². The zero-order valence-electron chi connectivity index (χ0n) is 16.1. The number of hydrogen-bond donors (Lipinski definition) is 2. The SMILES string of the molecule is Clc1cc2[nH]c(OC3CO[C@@H]4CCO[C@H]34)nc2nc1-c1ccc(OC2CNC2)cc1. The van der Waals surface area contributed by atoms with Gasteiger partial charge in [0.2, 0.25) is 0 Å². The van der Waals surface area contributed by atoms with Gasteiger partial charge in [-0.05, 0) is 36.8 Å². The van der Waals surface area contributed by atoms with Crippen molar-refractivity contribution in [1.82, 2.24) is 20.3 Å². The average molecular weight is 429 g/mol. The van der Waals surface area contributed by atoms with E-state index in [1.165, 1.54) is 0 Å². The molecular formula is C21H21ClN4O4. The molecule has 8 nitrogen and oxygen atoms in total. The van der Waals surface area contributed by atoms with Gasteiger partial charge in [0.25, 0.3) is 6.01 Å². The van der Waals surface area contributed by atoms with Crippen molar-refractivity contribution in [2.24, 2.45) is 0 Å².